The highest BCUT2D eigenvalue weighted by Crippen LogP contribution is 2.10. The SMILES string of the molecule is CCOc1n[nH]c(NC(=O)CN2CCCC2=O)n1. The molecule has 0 saturated carbocycles. The van der Waals surface area contributed by atoms with Gasteiger partial charge in [0.15, 0.2) is 0 Å². The standard InChI is InChI=1S/C10H15N5O3/c1-2-18-10-12-9(13-14-10)11-7(16)6-15-5-3-4-8(15)17/h2-6H2,1H3,(H2,11,12,13,14,16). The highest BCUT2D eigenvalue weighted by atomic mass is 16.5. The number of H-pyrrole nitrogens is 1. The van der Waals surface area contributed by atoms with E-state index in [0.717, 1.165) is 6.42 Å². The molecule has 2 heterocycles. The minimum atomic E-state index is -0.301. The number of aromatic amines is 1. The lowest BCUT2D eigenvalue weighted by Crippen LogP contribution is -2.34. The molecule has 1 aromatic heterocycles. The molecule has 8 heteroatoms. The molecule has 18 heavy (non-hydrogen) atoms. The van der Waals surface area contributed by atoms with Gasteiger partial charge in [0, 0.05) is 13.0 Å². The maximum atomic E-state index is 11.6. The quantitative estimate of drug-likeness (QED) is 0.754. The molecule has 1 aliphatic heterocycles. The third kappa shape index (κ3) is 2.96. The molecule has 8 nitrogen and oxygen atoms in total. The Kier molecular flexibility index (Phi) is 3.75. The summed E-state index contributed by atoms with van der Waals surface area (Å²) in [7, 11) is 0. The van der Waals surface area contributed by atoms with Crippen LogP contribution in [0.25, 0.3) is 0 Å². The number of aromatic nitrogens is 3. The third-order valence-electron chi connectivity index (χ3n) is 2.50. The highest BCUT2D eigenvalue weighted by Gasteiger charge is 2.22. The first-order valence-corrected chi connectivity index (χ1v) is 5.82. The van der Waals surface area contributed by atoms with Gasteiger partial charge in [-0.05, 0) is 13.3 Å². The average molecular weight is 253 g/mol. The largest absolute Gasteiger partial charge is 0.463 e. The van der Waals surface area contributed by atoms with Gasteiger partial charge in [-0.3, -0.25) is 14.9 Å². The predicted octanol–water partition coefficient (Wildman–Crippen LogP) is -0.236. The average Bonchev–Trinajstić information content (AvgIpc) is 2.90. The van der Waals surface area contributed by atoms with Gasteiger partial charge in [0.05, 0.1) is 13.2 Å². The minimum Gasteiger partial charge on any atom is -0.463 e. The molecule has 98 valence electrons. The molecule has 0 atom stereocenters. The Hall–Kier alpha value is -2.12. The minimum absolute atomic E-state index is 0.0118. The number of carbonyl (C=O) groups excluding carboxylic acids is 2. The maximum absolute atomic E-state index is 11.6. The van der Waals surface area contributed by atoms with E-state index in [2.05, 4.69) is 20.5 Å². The Balaban J connectivity index is 1.84. The topological polar surface area (TPSA) is 100 Å². The van der Waals surface area contributed by atoms with Crippen LogP contribution in [0.3, 0.4) is 0 Å². The van der Waals surface area contributed by atoms with Gasteiger partial charge in [0.25, 0.3) is 0 Å². The van der Waals surface area contributed by atoms with E-state index in [1.54, 1.807) is 0 Å². The number of nitrogens with one attached hydrogen (secondary N) is 2. The van der Waals surface area contributed by atoms with Crippen LogP contribution in [-0.4, -0.2) is 51.6 Å². The zero-order valence-electron chi connectivity index (χ0n) is 10.1. The zero-order valence-corrected chi connectivity index (χ0v) is 10.1. The molecule has 2 rings (SSSR count). The predicted molar refractivity (Wildman–Crippen MR) is 62.0 cm³/mol. The summed E-state index contributed by atoms with van der Waals surface area (Å²) in [5, 5.41) is 8.81. The molecule has 2 N–H and O–H groups in total. The molecule has 0 unspecified atom stereocenters. The molecule has 1 aliphatic rings. The molecule has 1 saturated heterocycles. The molecule has 0 aliphatic carbocycles. The van der Waals surface area contributed by atoms with E-state index in [0.29, 0.717) is 19.6 Å². The first kappa shape index (κ1) is 12.3. The van der Waals surface area contributed by atoms with E-state index < -0.39 is 0 Å². The van der Waals surface area contributed by atoms with Crippen LogP contribution < -0.4 is 10.1 Å². The number of ether oxygens (including phenoxy) is 1. The van der Waals surface area contributed by atoms with Gasteiger partial charge < -0.3 is 9.64 Å². The van der Waals surface area contributed by atoms with Crippen LogP contribution in [-0.2, 0) is 9.59 Å². The first-order valence-electron chi connectivity index (χ1n) is 5.82. The van der Waals surface area contributed by atoms with Crippen LogP contribution in [0.15, 0.2) is 0 Å². The lowest BCUT2D eigenvalue weighted by atomic mass is 10.4. The van der Waals surface area contributed by atoms with Crippen molar-refractivity contribution in [3.8, 4) is 6.01 Å². The summed E-state index contributed by atoms with van der Waals surface area (Å²) in [6.45, 7) is 2.94. The van der Waals surface area contributed by atoms with Crippen molar-refractivity contribution in [3.63, 3.8) is 0 Å². The van der Waals surface area contributed by atoms with Gasteiger partial charge >= 0.3 is 6.01 Å². The van der Waals surface area contributed by atoms with Crippen molar-refractivity contribution in [1.82, 2.24) is 20.1 Å². The zero-order chi connectivity index (χ0) is 13.0. The van der Waals surface area contributed by atoms with Crippen molar-refractivity contribution in [2.24, 2.45) is 0 Å². The van der Waals surface area contributed by atoms with Gasteiger partial charge in [0.1, 0.15) is 0 Å². The summed E-state index contributed by atoms with van der Waals surface area (Å²) in [5.41, 5.74) is 0. The van der Waals surface area contributed by atoms with E-state index >= 15 is 0 Å². The van der Waals surface area contributed by atoms with Gasteiger partial charge in [-0.1, -0.05) is 0 Å². The summed E-state index contributed by atoms with van der Waals surface area (Å²) >= 11 is 0. The van der Waals surface area contributed by atoms with Crippen molar-refractivity contribution in [2.45, 2.75) is 19.8 Å². The number of amides is 2. The summed E-state index contributed by atoms with van der Waals surface area (Å²) in [6.07, 6.45) is 1.33. The second-order valence-electron chi connectivity index (χ2n) is 3.87. The molecule has 0 aromatic carbocycles. The first-order chi connectivity index (χ1) is 8.69. The fourth-order valence-corrected chi connectivity index (χ4v) is 1.71. The smallest absolute Gasteiger partial charge is 0.337 e. The van der Waals surface area contributed by atoms with Gasteiger partial charge in [0.2, 0.25) is 17.8 Å². The normalized spacial score (nSPS) is 14.9. The van der Waals surface area contributed by atoms with Crippen LogP contribution in [0.2, 0.25) is 0 Å². The van der Waals surface area contributed by atoms with E-state index in [1.165, 1.54) is 4.90 Å². The van der Waals surface area contributed by atoms with E-state index in [9.17, 15) is 9.59 Å². The van der Waals surface area contributed by atoms with Crippen LogP contribution >= 0.6 is 0 Å². The van der Waals surface area contributed by atoms with Crippen LogP contribution in [0.4, 0.5) is 5.95 Å². The summed E-state index contributed by atoms with van der Waals surface area (Å²) < 4.78 is 5.05. The Morgan fingerprint density at radius 2 is 2.44 bits per heavy atom. The van der Waals surface area contributed by atoms with Gasteiger partial charge in [-0.25, -0.2) is 5.10 Å². The number of hydrogen-bond donors (Lipinski definition) is 2. The fourth-order valence-electron chi connectivity index (χ4n) is 1.71. The maximum Gasteiger partial charge on any atom is 0.337 e. The summed E-state index contributed by atoms with van der Waals surface area (Å²) in [4.78, 5) is 28.4. The van der Waals surface area contributed by atoms with Crippen molar-refractivity contribution in [3.05, 3.63) is 0 Å². The van der Waals surface area contributed by atoms with Crippen molar-refractivity contribution >= 4 is 17.8 Å². The van der Waals surface area contributed by atoms with Crippen molar-refractivity contribution < 1.29 is 14.3 Å². The van der Waals surface area contributed by atoms with Gasteiger partial charge in [-0.2, -0.15) is 4.98 Å². The number of rotatable bonds is 5. The number of nitrogens with zero attached hydrogens (tertiary/aromatic N) is 3. The van der Waals surface area contributed by atoms with Crippen LogP contribution in [0.5, 0.6) is 6.01 Å². The van der Waals surface area contributed by atoms with E-state index in [-0.39, 0.29) is 30.3 Å². The van der Waals surface area contributed by atoms with Gasteiger partial charge in [-0.15, -0.1) is 5.10 Å². The van der Waals surface area contributed by atoms with Crippen LogP contribution in [0, 0.1) is 0 Å². The summed E-state index contributed by atoms with van der Waals surface area (Å²) in [5.74, 6) is -0.0720. The van der Waals surface area contributed by atoms with Crippen molar-refractivity contribution in [1.29, 1.82) is 0 Å². The monoisotopic (exact) mass is 253 g/mol. The number of anilines is 1. The molecule has 1 aromatic rings. The highest BCUT2D eigenvalue weighted by molar-refractivity contribution is 5.93. The number of carbonyl (C=O) groups is 2. The second kappa shape index (κ2) is 5.48. The molecule has 2 amide bonds. The second-order valence-corrected chi connectivity index (χ2v) is 3.87. The Morgan fingerprint density at radius 1 is 1.61 bits per heavy atom. The van der Waals surface area contributed by atoms with Crippen molar-refractivity contribution in [2.75, 3.05) is 25.0 Å². The van der Waals surface area contributed by atoms with E-state index in [1.807, 2.05) is 6.92 Å². The lowest BCUT2D eigenvalue weighted by Gasteiger charge is -2.13. The Labute approximate surface area is 104 Å². The summed E-state index contributed by atoms with van der Waals surface area (Å²) in [6, 6.07) is 0.185. The molecule has 0 bridgehead atoms. The number of likely N-dealkylation sites (tertiary alicyclic amines) is 1. The Morgan fingerprint density at radius 3 is 3.11 bits per heavy atom. The van der Waals surface area contributed by atoms with E-state index in [4.69, 9.17) is 4.74 Å². The lowest BCUT2D eigenvalue weighted by molar-refractivity contribution is -0.131. The Bertz CT molecular complexity index is 444. The molecule has 1 fully saturated rings. The molecular weight excluding hydrogens is 238 g/mol. The fraction of sp³-hybridized carbons (Fsp3) is 0.600. The molecule has 0 radical (unpaired) electrons. The molecule has 0 spiro atoms. The third-order valence-corrected chi connectivity index (χ3v) is 2.50. The van der Waals surface area contributed by atoms with Crippen LogP contribution in [0.1, 0.15) is 19.8 Å². The molecular formula is C10H15N5O3. The number of hydrogen-bond acceptors (Lipinski definition) is 5.